The van der Waals surface area contributed by atoms with Crippen molar-refractivity contribution in [3.05, 3.63) is 29.3 Å². The highest BCUT2D eigenvalue weighted by molar-refractivity contribution is 5.50. The van der Waals surface area contributed by atoms with Gasteiger partial charge in [-0.2, -0.15) is 5.26 Å². The molecule has 3 unspecified atom stereocenters. The minimum atomic E-state index is -0.681. The number of hydrogen-bond donors (Lipinski definition) is 1. The molecule has 2 bridgehead atoms. The fourth-order valence-corrected chi connectivity index (χ4v) is 3.67. The van der Waals surface area contributed by atoms with Gasteiger partial charge in [0.1, 0.15) is 5.69 Å². The Morgan fingerprint density at radius 2 is 1.95 bits per heavy atom. The lowest BCUT2D eigenvalue weighted by Crippen LogP contribution is -2.21. The van der Waals surface area contributed by atoms with Crippen LogP contribution in [0.4, 0.5) is 14.5 Å². The number of rotatable bonds is 3. The van der Waals surface area contributed by atoms with Crippen LogP contribution in [0.2, 0.25) is 0 Å². The maximum Gasteiger partial charge on any atom is 0.150 e. The number of nitriles is 1. The van der Waals surface area contributed by atoms with Gasteiger partial charge in [-0.25, -0.2) is 8.78 Å². The zero-order valence-electron chi connectivity index (χ0n) is 10.6. The zero-order chi connectivity index (χ0) is 13.4. The van der Waals surface area contributed by atoms with Crippen LogP contribution in [-0.4, -0.2) is 6.54 Å². The molecule has 3 atom stereocenters. The maximum absolute atomic E-state index is 13.7. The molecular weight excluding hydrogens is 246 g/mol. The van der Waals surface area contributed by atoms with Crippen LogP contribution in [0.3, 0.4) is 0 Å². The first kappa shape index (κ1) is 12.4. The Bertz CT molecular complexity index is 512. The van der Waals surface area contributed by atoms with E-state index in [0.29, 0.717) is 12.5 Å². The summed E-state index contributed by atoms with van der Waals surface area (Å²) in [5.41, 5.74) is -0.0813. The molecule has 2 nitrogen and oxygen atoms in total. The van der Waals surface area contributed by atoms with Crippen molar-refractivity contribution in [3.8, 4) is 6.07 Å². The molecule has 1 aromatic carbocycles. The Morgan fingerprint density at radius 1 is 1.21 bits per heavy atom. The molecule has 100 valence electrons. The van der Waals surface area contributed by atoms with E-state index in [0.717, 1.165) is 24.0 Å². The molecule has 0 aromatic heterocycles. The van der Waals surface area contributed by atoms with Crippen LogP contribution in [0, 0.1) is 40.7 Å². The summed E-state index contributed by atoms with van der Waals surface area (Å²) in [5, 5.41) is 11.5. The van der Waals surface area contributed by atoms with Crippen LogP contribution in [0.5, 0.6) is 0 Å². The number of nitrogens with zero attached hydrogens (tertiary/aromatic N) is 1. The standard InChI is InChI=1S/C15H16F2N2/c16-13-5-10(7-18)6-14(17)15(13)19-8-12-4-9-1-2-11(12)3-9/h5-6,9,11-12,19H,1-4,8H2. The van der Waals surface area contributed by atoms with Gasteiger partial charge < -0.3 is 5.32 Å². The van der Waals surface area contributed by atoms with Crippen molar-refractivity contribution in [1.29, 1.82) is 5.26 Å². The highest BCUT2D eigenvalue weighted by Crippen LogP contribution is 2.48. The van der Waals surface area contributed by atoms with Crippen LogP contribution < -0.4 is 5.32 Å². The van der Waals surface area contributed by atoms with Gasteiger partial charge in [-0.3, -0.25) is 0 Å². The fraction of sp³-hybridized carbons (Fsp3) is 0.533. The van der Waals surface area contributed by atoms with Gasteiger partial charge in [-0.15, -0.1) is 0 Å². The topological polar surface area (TPSA) is 35.8 Å². The Hall–Kier alpha value is -1.63. The monoisotopic (exact) mass is 262 g/mol. The predicted molar refractivity (Wildman–Crippen MR) is 68.5 cm³/mol. The summed E-state index contributed by atoms with van der Waals surface area (Å²) in [7, 11) is 0. The number of nitrogens with one attached hydrogen (secondary N) is 1. The van der Waals surface area contributed by atoms with E-state index in [1.807, 2.05) is 0 Å². The van der Waals surface area contributed by atoms with Crippen LogP contribution >= 0.6 is 0 Å². The summed E-state index contributed by atoms with van der Waals surface area (Å²) in [4.78, 5) is 0. The van der Waals surface area contributed by atoms with Gasteiger partial charge >= 0.3 is 0 Å². The molecule has 2 aliphatic carbocycles. The van der Waals surface area contributed by atoms with Crippen molar-refractivity contribution in [2.75, 3.05) is 11.9 Å². The molecule has 4 heteroatoms. The molecule has 1 N–H and O–H groups in total. The second-order valence-corrected chi connectivity index (χ2v) is 5.74. The van der Waals surface area contributed by atoms with E-state index in [2.05, 4.69) is 5.32 Å². The number of hydrogen-bond acceptors (Lipinski definition) is 2. The van der Waals surface area contributed by atoms with Gasteiger partial charge in [-0.1, -0.05) is 6.42 Å². The SMILES string of the molecule is N#Cc1cc(F)c(NCC2CC3CCC2C3)c(F)c1. The first-order valence-electron chi connectivity index (χ1n) is 6.80. The van der Waals surface area contributed by atoms with E-state index in [9.17, 15) is 8.78 Å². The minimum absolute atomic E-state index is 0.0143. The molecule has 19 heavy (non-hydrogen) atoms. The smallest absolute Gasteiger partial charge is 0.150 e. The van der Waals surface area contributed by atoms with Crippen LogP contribution in [0.1, 0.15) is 31.2 Å². The highest BCUT2D eigenvalue weighted by Gasteiger charge is 2.39. The summed E-state index contributed by atoms with van der Waals surface area (Å²) in [6, 6.07) is 3.90. The highest BCUT2D eigenvalue weighted by atomic mass is 19.1. The second kappa shape index (κ2) is 4.80. The fourth-order valence-electron chi connectivity index (χ4n) is 3.67. The lowest BCUT2D eigenvalue weighted by atomic mass is 9.89. The molecule has 0 saturated heterocycles. The third-order valence-electron chi connectivity index (χ3n) is 4.60. The van der Waals surface area contributed by atoms with Crippen molar-refractivity contribution in [3.63, 3.8) is 0 Å². The van der Waals surface area contributed by atoms with Gasteiger partial charge in [0.05, 0.1) is 11.6 Å². The third kappa shape index (κ3) is 2.30. The van der Waals surface area contributed by atoms with Gasteiger partial charge in [0.15, 0.2) is 11.6 Å². The first-order chi connectivity index (χ1) is 9.17. The molecule has 3 rings (SSSR count). The number of halogens is 2. The third-order valence-corrected chi connectivity index (χ3v) is 4.60. The van der Waals surface area contributed by atoms with Crippen molar-refractivity contribution in [2.45, 2.75) is 25.7 Å². The molecule has 0 spiro atoms. The normalized spacial score (nSPS) is 28.4. The summed E-state index contributed by atoms with van der Waals surface area (Å²) < 4.78 is 27.4. The molecule has 0 amide bonds. The minimum Gasteiger partial charge on any atom is -0.380 e. The van der Waals surface area contributed by atoms with Crippen molar-refractivity contribution < 1.29 is 8.78 Å². The Balaban J connectivity index is 1.69. The van der Waals surface area contributed by atoms with E-state index in [-0.39, 0.29) is 11.3 Å². The summed E-state index contributed by atoms with van der Waals surface area (Å²) >= 11 is 0. The Kier molecular flexibility index (Phi) is 3.14. The molecular formula is C15H16F2N2. The number of fused-ring (bicyclic) bond motifs is 2. The summed E-state index contributed by atoms with van der Waals surface area (Å²) in [5.74, 6) is 0.724. The van der Waals surface area contributed by atoms with Gasteiger partial charge in [0.25, 0.3) is 0 Å². The van der Waals surface area contributed by atoms with E-state index in [4.69, 9.17) is 5.26 Å². The maximum atomic E-state index is 13.7. The van der Waals surface area contributed by atoms with Gasteiger partial charge in [-0.05, 0) is 49.1 Å². The van der Waals surface area contributed by atoms with E-state index in [1.54, 1.807) is 6.07 Å². The van der Waals surface area contributed by atoms with Crippen molar-refractivity contribution in [1.82, 2.24) is 0 Å². The molecule has 1 aromatic rings. The van der Waals surface area contributed by atoms with Crippen LogP contribution in [0.15, 0.2) is 12.1 Å². The average Bonchev–Trinajstić information content (AvgIpc) is 2.99. The summed E-state index contributed by atoms with van der Waals surface area (Å²) in [6.45, 7) is 0.626. The lowest BCUT2D eigenvalue weighted by molar-refractivity contribution is 0.347. The molecule has 0 aliphatic heterocycles. The van der Waals surface area contributed by atoms with Crippen LogP contribution in [0.25, 0.3) is 0 Å². The molecule has 2 aliphatic rings. The largest absolute Gasteiger partial charge is 0.380 e. The van der Waals surface area contributed by atoms with Gasteiger partial charge in [0.2, 0.25) is 0 Å². The van der Waals surface area contributed by atoms with Crippen LogP contribution in [-0.2, 0) is 0 Å². The summed E-state index contributed by atoms with van der Waals surface area (Å²) in [6.07, 6.45) is 5.04. The van der Waals surface area contributed by atoms with Crippen molar-refractivity contribution in [2.24, 2.45) is 17.8 Å². The molecule has 0 radical (unpaired) electrons. The lowest BCUT2D eigenvalue weighted by Gasteiger charge is -2.22. The number of anilines is 1. The van der Waals surface area contributed by atoms with E-state index >= 15 is 0 Å². The Morgan fingerprint density at radius 3 is 2.47 bits per heavy atom. The number of benzene rings is 1. The zero-order valence-corrected chi connectivity index (χ0v) is 10.6. The van der Waals surface area contributed by atoms with Gasteiger partial charge in [0, 0.05) is 6.54 Å². The average molecular weight is 262 g/mol. The van der Waals surface area contributed by atoms with Crippen molar-refractivity contribution >= 4 is 5.69 Å². The quantitative estimate of drug-likeness (QED) is 0.901. The van der Waals surface area contributed by atoms with E-state index in [1.165, 1.54) is 25.7 Å². The Labute approximate surface area is 111 Å². The van der Waals surface area contributed by atoms with E-state index < -0.39 is 11.6 Å². The first-order valence-corrected chi connectivity index (χ1v) is 6.80. The molecule has 2 fully saturated rings. The predicted octanol–water partition coefficient (Wildman–Crippen LogP) is 3.68. The molecule has 2 saturated carbocycles. The second-order valence-electron chi connectivity index (χ2n) is 5.74. The molecule has 0 heterocycles.